The lowest BCUT2D eigenvalue weighted by Crippen LogP contribution is -2.17. The molecular formula is C22H17N. The van der Waals surface area contributed by atoms with E-state index in [9.17, 15) is 0 Å². The lowest BCUT2D eigenvalue weighted by molar-refractivity contribution is 0.870. The van der Waals surface area contributed by atoms with E-state index in [1.54, 1.807) is 0 Å². The largest absolute Gasteiger partial charge is 0.363 e. The molecule has 2 aliphatic rings. The number of nitrogens with zero attached hydrogens (tertiary/aromatic N) is 1. The first-order valence-electron chi connectivity index (χ1n) is 8.06. The number of rotatable bonds is 1. The minimum Gasteiger partial charge on any atom is -0.363 e. The summed E-state index contributed by atoms with van der Waals surface area (Å²) in [5, 5.41) is 0. The standard InChI is InChI=1S/C22H17N/c1-23-21-12-11-16(15-7-3-2-4-8-15)13-19(21)20-14-17-9-5-6-10-18(17)22(20)23/h2-14,22H,1H3. The molecule has 0 bridgehead atoms. The average molecular weight is 295 g/mol. The smallest absolute Gasteiger partial charge is 0.0805 e. The van der Waals surface area contributed by atoms with Crippen molar-refractivity contribution in [2.24, 2.45) is 0 Å². The highest BCUT2D eigenvalue weighted by molar-refractivity contribution is 6.01. The van der Waals surface area contributed by atoms with Crippen molar-refractivity contribution in [3.63, 3.8) is 0 Å². The molecule has 0 fully saturated rings. The molecule has 1 heteroatoms. The van der Waals surface area contributed by atoms with Crippen molar-refractivity contribution in [2.75, 3.05) is 11.9 Å². The molecule has 0 saturated heterocycles. The average Bonchev–Trinajstić information content (AvgIpc) is 3.12. The van der Waals surface area contributed by atoms with E-state index in [0.717, 1.165) is 0 Å². The summed E-state index contributed by atoms with van der Waals surface area (Å²) in [7, 11) is 2.20. The second-order valence-corrected chi connectivity index (χ2v) is 6.34. The molecule has 5 rings (SSSR count). The SMILES string of the molecule is CN1c2ccc(-c3ccccc3)cc2C2=Cc3ccccc3C21. The normalized spacial score (nSPS) is 17.5. The van der Waals surface area contributed by atoms with Crippen LogP contribution in [0.25, 0.3) is 22.8 Å². The summed E-state index contributed by atoms with van der Waals surface area (Å²) in [6, 6.07) is 26.6. The highest BCUT2D eigenvalue weighted by Crippen LogP contribution is 2.53. The molecular weight excluding hydrogens is 278 g/mol. The van der Waals surface area contributed by atoms with Crippen LogP contribution in [0.4, 0.5) is 5.69 Å². The zero-order valence-corrected chi connectivity index (χ0v) is 13.0. The van der Waals surface area contributed by atoms with Crippen LogP contribution in [-0.2, 0) is 0 Å². The first-order valence-corrected chi connectivity index (χ1v) is 8.06. The zero-order valence-electron chi connectivity index (χ0n) is 13.0. The fraction of sp³-hybridized carbons (Fsp3) is 0.0909. The van der Waals surface area contributed by atoms with E-state index in [2.05, 4.69) is 90.8 Å². The van der Waals surface area contributed by atoms with Gasteiger partial charge in [0, 0.05) is 18.3 Å². The van der Waals surface area contributed by atoms with Crippen LogP contribution in [0.2, 0.25) is 0 Å². The third-order valence-electron chi connectivity index (χ3n) is 5.08. The summed E-state index contributed by atoms with van der Waals surface area (Å²) < 4.78 is 0. The van der Waals surface area contributed by atoms with Gasteiger partial charge in [-0.15, -0.1) is 0 Å². The highest BCUT2D eigenvalue weighted by Gasteiger charge is 2.37. The van der Waals surface area contributed by atoms with E-state index in [-0.39, 0.29) is 0 Å². The zero-order chi connectivity index (χ0) is 15.4. The molecule has 0 aromatic heterocycles. The van der Waals surface area contributed by atoms with Crippen molar-refractivity contribution in [1.82, 2.24) is 0 Å². The molecule has 0 amide bonds. The molecule has 1 aliphatic carbocycles. The monoisotopic (exact) mass is 295 g/mol. The van der Waals surface area contributed by atoms with Gasteiger partial charge in [0.25, 0.3) is 0 Å². The van der Waals surface area contributed by atoms with Crippen molar-refractivity contribution >= 4 is 17.3 Å². The Morgan fingerprint density at radius 3 is 2.43 bits per heavy atom. The van der Waals surface area contributed by atoms with Gasteiger partial charge in [-0.05, 0) is 46.0 Å². The predicted molar refractivity (Wildman–Crippen MR) is 97.3 cm³/mol. The number of likely N-dealkylation sites (N-methyl/N-ethyl adjacent to an activating group) is 1. The van der Waals surface area contributed by atoms with E-state index in [4.69, 9.17) is 0 Å². The Morgan fingerprint density at radius 1 is 0.783 bits per heavy atom. The van der Waals surface area contributed by atoms with Crippen LogP contribution in [0.3, 0.4) is 0 Å². The summed E-state index contributed by atoms with van der Waals surface area (Å²) in [4.78, 5) is 2.40. The lowest BCUT2D eigenvalue weighted by Gasteiger charge is -2.22. The van der Waals surface area contributed by atoms with Crippen LogP contribution in [0.1, 0.15) is 22.7 Å². The van der Waals surface area contributed by atoms with Crippen LogP contribution in [0.15, 0.2) is 72.8 Å². The molecule has 0 radical (unpaired) electrons. The third-order valence-corrected chi connectivity index (χ3v) is 5.08. The van der Waals surface area contributed by atoms with Crippen LogP contribution >= 0.6 is 0 Å². The molecule has 3 aromatic rings. The fourth-order valence-electron chi connectivity index (χ4n) is 3.97. The van der Waals surface area contributed by atoms with Crippen LogP contribution in [-0.4, -0.2) is 7.05 Å². The van der Waals surface area contributed by atoms with E-state index >= 15 is 0 Å². The maximum absolute atomic E-state index is 2.40. The third kappa shape index (κ3) is 1.74. The van der Waals surface area contributed by atoms with Gasteiger partial charge in [-0.25, -0.2) is 0 Å². The molecule has 3 aromatic carbocycles. The quantitative estimate of drug-likeness (QED) is 0.581. The van der Waals surface area contributed by atoms with Gasteiger partial charge in [0.15, 0.2) is 0 Å². The molecule has 1 unspecified atom stereocenters. The van der Waals surface area contributed by atoms with Gasteiger partial charge in [0.2, 0.25) is 0 Å². The first kappa shape index (κ1) is 12.7. The molecule has 1 nitrogen and oxygen atoms in total. The minimum atomic E-state index is 0.368. The van der Waals surface area contributed by atoms with Gasteiger partial charge >= 0.3 is 0 Å². The first-order chi connectivity index (χ1) is 11.3. The van der Waals surface area contributed by atoms with Crippen molar-refractivity contribution in [1.29, 1.82) is 0 Å². The second kappa shape index (κ2) is 4.60. The van der Waals surface area contributed by atoms with Gasteiger partial charge in [-0.1, -0.05) is 60.7 Å². The van der Waals surface area contributed by atoms with E-state index in [0.29, 0.717) is 6.04 Å². The Kier molecular flexibility index (Phi) is 2.54. The Morgan fingerprint density at radius 2 is 1.57 bits per heavy atom. The predicted octanol–water partition coefficient (Wildman–Crippen LogP) is 5.40. The summed E-state index contributed by atoms with van der Waals surface area (Å²) >= 11 is 0. The van der Waals surface area contributed by atoms with E-state index < -0.39 is 0 Å². The Balaban J connectivity index is 1.68. The summed E-state index contributed by atoms with van der Waals surface area (Å²) in [6.07, 6.45) is 2.36. The fourth-order valence-corrected chi connectivity index (χ4v) is 3.97. The van der Waals surface area contributed by atoms with Gasteiger partial charge in [-0.2, -0.15) is 0 Å². The minimum absolute atomic E-state index is 0.368. The molecule has 110 valence electrons. The van der Waals surface area contributed by atoms with Crippen molar-refractivity contribution in [3.05, 3.63) is 89.5 Å². The lowest BCUT2D eigenvalue weighted by atomic mass is 9.98. The summed E-state index contributed by atoms with van der Waals surface area (Å²) in [5.41, 5.74) is 9.47. The molecule has 0 spiro atoms. The number of benzene rings is 3. The van der Waals surface area contributed by atoms with E-state index in [1.807, 2.05) is 0 Å². The van der Waals surface area contributed by atoms with Gasteiger partial charge in [0.1, 0.15) is 0 Å². The Bertz CT molecular complexity index is 937. The molecule has 23 heavy (non-hydrogen) atoms. The molecule has 1 atom stereocenters. The molecule has 0 N–H and O–H groups in total. The summed E-state index contributed by atoms with van der Waals surface area (Å²) in [6.45, 7) is 0. The van der Waals surface area contributed by atoms with Crippen LogP contribution in [0, 0.1) is 0 Å². The van der Waals surface area contributed by atoms with Gasteiger partial charge in [-0.3, -0.25) is 0 Å². The van der Waals surface area contributed by atoms with Crippen LogP contribution < -0.4 is 4.90 Å². The Hall–Kier alpha value is -2.80. The van der Waals surface area contributed by atoms with Gasteiger partial charge < -0.3 is 4.90 Å². The van der Waals surface area contributed by atoms with E-state index in [1.165, 1.54) is 39.1 Å². The van der Waals surface area contributed by atoms with Crippen molar-refractivity contribution in [2.45, 2.75) is 6.04 Å². The van der Waals surface area contributed by atoms with Crippen LogP contribution in [0.5, 0.6) is 0 Å². The second-order valence-electron chi connectivity index (χ2n) is 6.34. The molecule has 1 aliphatic heterocycles. The highest BCUT2D eigenvalue weighted by atomic mass is 15.2. The summed E-state index contributed by atoms with van der Waals surface area (Å²) in [5.74, 6) is 0. The van der Waals surface area contributed by atoms with Gasteiger partial charge in [0.05, 0.1) is 6.04 Å². The number of hydrogen-bond acceptors (Lipinski definition) is 1. The number of fused-ring (bicyclic) bond motifs is 5. The molecule has 1 heterocycles. The van der Waals surface area contributed by atoms with Crippen molar-refractivity contribution in [3.8, 4) is 11.1 Å². The maximum Gasteiger partial charge on any atom is 0.0805 e. The molecule has 0 saturated carbocycles. The maximum atomic E-state index is 2.40. The number of anilines is 1. The Labute approximate surface area is 136 Å². The topological polar surface area (TPSA) is 3.24 Å². The number of hydrogen-bond donors (Lipinski definition) is 0. The van der Waals surface area contributed by atoms with Crippen molar-refractivity contribution < 1.29 is 0 Å².